The molecule has 4 aromatic rings. The second-order valence-electron chi connectivity index (χ2n) is 7.94. The Balaban J connectivity index is 1.77. The number of hydrogen-bond acceptors (Lipinski definition) is 6. The molecule has 1 N–H and O–H groups in total. The first-order chi connectivity index (χ1) is 17.5. The van der Waals surface area contributed by atoms with Gasteiger partial charge in [-0.05, 0) is 54.1 Å². The van der Waals surface area contributed by atoms with Crippen LogP contribution in [-0.2, 0) is 20.9 Å². The highest BCUT2D eigenvalue weighted by Crippen LogP contribution is 2.30. The van der Waals surface area contributed by atoms with E-state index >= 15 is 0 Å². The number of halogens is 1. The third-order valence-corrected chi connectivity index (χ3v) is 5.62. The molecule has 0 saturated heterocycles. The Labute approximate surface area is 207 Å². The Morgan fingerprint density at radius 2 is 1.75 bits per heavy atom. The van der Waals surface area contributed by atoms with E-state index in [9.17, 15) is 14.0 Å². The molecular formula is C26H26FN5O4. The fourth-order valence-corrected chi connectivity index (χ4v) is 3.85. The summed E-state index contributed by atoms with van der Waals surface area (Å²) in [5, 5.41) is 11.0. The van der Waals surface area contributed by atoms with Gasteiger partial charge in [0.1, 0.15) is 29.7 Å². The van der Waals surface area contributed by atoms with Crippen molar-refractivity contribution in [2.24, 2.45) is 0 Å². The summed E-state index contributed by atoms with van der Waals surface area (Å²) in [6, 6.07) is 18.5. The minimum absolute atomic E-state index is 0.171. The van der Waals surface area contributed by atoms with Crippen LogP contribution in [0.1, 0.15) is 11.6 Å². The van der Waals surface area contributed by atoms with E-state index in [-0.39, 0.29) is 13.1 Å². The summed E-state index contributed by atoms with van der Waals surface area (Å²) in [5.41, 5.74) is 2.23. The lowest BCUT2D eigenvalue weighted by Gasteiger charge is -2.31. The average molecular weight is 492 g/mol. The Bertz CT molecular complexity index is 1320. The number of nitrogens with one attached hydrogen (secondary N) is 1. The minimum Gasteiger partial charge on any atom is -0.497 e. The van der Waals surface area contributed by atoms with Crippen LogP contribution < -0.4 is 15.0 Å². The van der Waals surface area contributed by atoms with E-state index in [1.165, 1.54) is 48.1 Å². The fourth-order valence-electron chi connectivity index (χ4n) is 3.85. The summed E-state index contributed by atoms with van der Waals surface area (Å²) in [6.45, 7) is 0.365. The number of carbonyl (C=O) groups is 2. The quantitative estimate of drug-likeness (QED) is 0.342. The molecule has 36 heavy (non-hydrogen) atoms. The van der Waals surface area contributed by atoms with Gasteiger partial charge in [-0.1, -0.05) is 29.5 Å². The van der Waals surface area contributed by atoms with Crippen molar-refractivity contribution in [3.05, 3.63) is 84.2 Å². The SMILES string of the molecule is COCCNC(=O)[C@@H](c1ccc(F)cc1)N(C(=O)Cn1nnc2ccccc21)c1ccc(OC)cc1. The molecule has 186 valence electrons. The van der Waals surface area contributed by atoms with Gasteiger partial charge >= 0.3 is 0 Å². The zero-order chi connectivity index (χ0) is 25.5. The van der Waals surface area contributed by atoms with Crippen LogP contribution in [0.5, 0.6) is 5.75 Å². The maximum atomic E-state index is 13.9. The van der Waals surface area contributed by atoms with Crippen molar-refractivity contribution in [1.82, 2.24) is 20.3 Å². The molecule has 0 saturated carbocycles. The maximum Gasteiger partial charge on any atom is 0.249 e. The van der Waals surface area contributed by atoms with Crippen molar-refractivity contribution in [1.29, 1.82) is 0 Å². The minimum atomic E-state index is -1.09. The van der Waals surface area contributed by atoms with Crippen LogP contribution in [0.2, 0.25) is 0 Å². The van der Waals surface area contributed by atoms with Gasteiger partial charge in [-0.3, -0.25) is 14.5 Å². The van der Waals surface area contributed by atoms with Crippen molar-refractivity contribution >= 4 is 28.5 Å². The van der Waals surface area contributed by atoms with Crippen LogP contribution in [0.15, 0.2) is 72.8 Å². The predicted molar refractivity (Wildman–Crippen MR) is 132 cm³/mol. The van der Waals surface area contributed by atoms with Crippen molar-refractivity contribution in [2.75, 3.05) is 32.3 Å². The number of rotatable bonds is 10. The molecule has 4 rings (SSSR count). The molecule has 1 heterocycles. The number of hydrogen-bond donors (Lipinski definition) is 1. The van der Waals surface area contributed by atoms with E-state index in [0.29, 0.717) is 34.6 Å². The maximum absolute atomic E-state index is 13.9. The molecule has 0 bridgehead atoms. The molecule has 10 heteroatoms. The van der Waals surface area contributed by atoms with Gasteiger partial charge in [0, 0.05) is 19.3 Å². The zero-order valence-corrected chi connectivity index (χ0v) is 19.9. The predicted octanol–water partition coefficient (Wildman–Crippen LogP) is 3.12. The van der Waals surface area contributed by atoms with Gasteiger partial charge in [-0.25, -0.2) is 9.07 Å². The average Bonchev–Trinajstić information content (AvgIpc) is 3.30. The number of anilines is 1. The van der Waals surface area contributed by atoms with Crippen LogP contribution >= 0.6 is 0 Å². The van der Waals surface area contributed by atoms with Crippen LogP contribution in [0.25, 0.3) is 11.0 Å². The number of amides is 2. The van der Waals surface area contributed by atoms with Crippen LogP contribution in [0, 0.1) is 5.82 Å². The third kappa shape index (κ3) is 5.49. The van der Waals surface area contributed by atoms with E-state index < -0.39 is 23.7 Å². The summed E-state index contributed by atoms with van der Waals surface area (Å²) >= 11 is 0. The van der Waals surface area contributed by atoms with Crippen LogP contribution in [-0.4, -0.2) is 54.2 Å². The van der Waals surface area contributed by atoms with Crippen molar-refractivity contribution in [3.8, 4) is 5.75 Å². The molecule has 3 aromatic carbocycles. The Hall–Kier alpha value is -4.31. The van der Waals surface area contributed by atoms with Gasteiger partial charge in [0.15, 0.2) is 0 Å². The zero-order valence-electron chi connectivity index (χ0n) is 19.9. The van der Waals surface area contributed by atoms with Crippen molar-refractivity contribution in [3.63, 3.8) is 0 Å². The molecule has 0 aliphatic heterocycles. The number of para-hydroxylation sites is 1. The Morgan fingerprint density at radius 3 is 2.44 bits per heavy atom. The topological polar surface area (TPSA) is 98.6 Å². The highest BCUT2D eigenvalue weighted by molar-refractivity contribution is 6.01. The summed E-state index contributed by atoms with van der Waals surface area (Å²) in [4.78, 5) is 28.7. The summed E-state index contributed by atoms with van der Waals surface area (Å²) in [7, 11) is 3.07. The van der Waals surface area contributed by atoms with Crippen molar-refractivity contribution < 1.29 is 23.5 Å². The van der Waals surface area contributed by atoms with Gasteiger partial charge in [0.25, 0.3) is 0 Å². The molecule has 2 amide bonds. The number of ether oxygens (including phenoxy) is 2. The number of carbonyl (C=O) groups excluding carboxylic acids is 2. The highest BCUT2D eigenvalue weighted by Gasteiger charge is 2.33. The molecule has 0 aliphatic carbocycles. The van der Waals surface area contributed by atoms with Crippen molar-refractivity contribution in [2.45, 2.75) is 12.6 Å². The van der Waals surface area contributed by atoms with Gasteiger partial charge in [0.2, 0.25) is 11.8 Å². The Morgan fingerprint density at radius 1 is 1.03 bits per heavy atom. The smallest absolute Gasteiger partial charge is 0.249 e. The fraction of sp³-hybridized carbons (Fsp3) is 0.231. The number of fused-ring (bicyclic) bond motifs is 1. The molecule has 0 radical (unpaired) electrons. The summed E-state index contributed by atoms with van der Waals surface area (Å²) in [6.07, 6.45) is 0. The molecule has 0 fully saturated rings. The Kier molecular flexibility index (Phi) is 7.86. The van der Waals surface area contributed by atoms with E-state index in [0.717, 1.165) is 0 Å². The first-order valence-electron chi connectivity index (χ1n) is 11.3. The van der Waals surface area contributed by atoms with E-state index in [1.807, 2.05) is 18.2 Å². The lowest BCUT2D eigenvalue weighted by Crippen LogP contribution is -2.46. The van der Waals surface area contributed by atoms with Crippen LogP contribution in [0.3, 0.4) is 0 Å². The molecular weight excluding hydrogens is 465 g/mol. The van der Waals surface area contributed by atoms with Gasteiger partial charge in [-0.15, -0.1) is 5.10 Å². The van der Waals surface area contributed by atoms with Gasteiger partial charge in [-0.2, -0.15) is 0 Å². The first kappa shape index (κ1) is 24.8. The van der Waals surface area contributed by atoms with Crippen LogP contribution in [0.4, 0.5) is 10.1 Å². The number of methoxy groups -OCH3 is 2. The second-order valence-corrected chi connectivity index (χ2v) is 7.94. The lowest BCUT2D eigenvalue weighted by atomic mass is 10.0. The second kappa shape index (κ2) is 11.4. The largest absolute Gasteiger partial charge is 0.497 e. The number of benzene rings is 3. The summed E-state index contributed by atoms with van der Waals surface area (Å²) < 4.78 is 25.5. The molecule has 1 aromatic heterocycles. The monoisotopic (exact) mass is 491 g/mol. The molecule has 9 nitrogen and oxygen atoms in total. The molecule has 0 aliphatic rings. The molecule has 0 unspecified atom stereocenters. The van der Waals surface area contributed by atoms with E-state index in [1.54, 1.807) is 30.3 Å². The van der Waals surface area contributed by atoms with E-state index in [2.05, 4.69) is 15.6 Å². The lowest BCUT2D eigenvalue weighted by molar-refractivity contribution is -0.127. The summed E-state index contributed by atoms with van der Waals surface area (Å²) in [5.74, 6) is -0.705. The normalized spacial score (nSPS) is 11.8. The number of aromatic nitrogens is 3. The van der Waals surface area contributed by atoms with Gasteiger partial charge in [0.05, 0.1) is 19.2 Å². The standard InChI is InChI=1S/C26H26FN5O4/c1-35-16-15-28-26(34)25(18-7-9-19(27)10-8-18)32(20-11-13-21(36-2)14-12-20)24(33)17-31-23-6-4-3-5-22(23)29-30-31/h3-14,25H,15-17H2,1-2H3,(H,28,34)/t25-/m1/s1. The van der Waals surface area contributed by atoms with E-state index in [4.69, 9.17) is 9.47 Å². The molecule has 1 atom stereocenters. The first-order valence-corrected chi connectivity index (χ1v) is 11.3. The highest BCUT2D eigenvalue weighted by atomic mass is 19.1. The molecule has 0 spiro atoms. The number of nitrogens with zero attached hydrogens (tertiary/aromatic N) is 4. The third-order valence-electron chi connectivity index (χ3n) is 5.62. The van der Waals surface area contributed by atoms with Gasteiger partial charge < -0.3 is 14.8 Å².